The molecule has 2 aromatic carbocycles. The SMILES string of the molecule is O=C(NCCCn1ccc2ccccc21)N1CCc2ccc(O)cc2C1. The van der Waals surface area contributed by atoms with Gasteiger partial charge < -0.3 is 19.9 Å². The fourth-order valence-corrected chi connectivity index (χ4v) is 3.61. The second-order valence-electron chi connectivity index (χ2n) is 6.78. The van der Waals surface area contributed by atoms with E-state index in [2.05, 4.69) is 34.3 Å². The Morgan fingerprint density at radius 3 is 2.92 bits per heavy atom. The van der Waals surface area contributed by atoms with Gasteiger partial charge in [0.2, 0.25) is 0 Å². The Bertz CT molecular complexity index is 932. The summed E-state index contributed by atoms with van der Waals surface area (Å²) in [7, 11) is 0. The molecule has 2 heterocycles. The van der Waals surface area contributed by atoms with Crippen molar-refractivity contribution in [3.63, 3.8) is 0 Å². The first-order chi connectivity index (χ1) is 12.7. The van der Waals surface area contributed by atoms with E-state index in [0.29, 0.717) is 19.6 Å². The Morgan fingerprint density at radius 1 is 1.12 bits per heavy atom. The molecule has 3 aromatic rings. The van der Waals surface area contributed by atoms with E-state index in [1.807, 2.05) is 23.1 Å². The Morgan fingerprint density at radius 2 is 2.00 bits per heavy atom. The summed E-state index contributed by atoms with van der Waals surface area (Å²) in [5.74, 6) is 0.255. The predicted molar refractivity (Wildman–Crippen MR) is 102 cm³/mol. The molecular weight excluding hydrogens is 326 g/mol. The van der Waals surface area contributed by atoms with Crippen molar-refractivity contribution in [2.45, 2.75) is 25.9 Å². The number of nitrogens with one attached hydrogen (secondary N) is 1. The number of aromatic nitrogens is 1. The maximum absolute atomic E-state index is 12.4. The van der Waals surface area contributed by atoms with Crippen LogP contribution in [0.1, 0.15) is 17.5 Å². The lowest BCUT2D eigenvalue weighted by Crippen LogP contribution is -2.43. The number of benzene rings is 2. The van der Waals surface area contributed by atoms with Crippen molar-refractivity contribution in [3.8, 4) is 5.75 Å². The van der Waals surface area contributed by atoms with E-state index in [0.717, 1.165) is 24.9 Å². The van der Waals surface area contributed by atoms with Gasteiger partial charge in [-0.1, -0.05) is 24.3 Å². The molecule has 4 rings (SSSR count). The number of hydrogen-bond acceptors (Lipinski definition) is 2. The molecule has 1 aliphatic heterocycles. The molecule has 0 saturated carbocycles. The number of rotatable bonds is 4. The number of amides is 2. The molecule has 0 radical (unpaired) electrons. The summed E-state index contributed by atoms with van der Waals surface area (Å²) in [5.41, 5.74) is 3.47. The number of para-hydroxylation sites is 1. The summed E-state index contributed by atoms with van der Waals surface area (Å²) in [6.07, 6.45) is 3.81. The van der Waals surface area contributed by atoms with Crippen molar-refractivity contribution in [3.05, 3.63) is 65.9 Å². The van der Waals surface area contributed by atoms with Crippen LogP contribution in [-0.2, 0) is 19.5 Å². The van der Waals surface area contributed by atoms with E-state index < -0.39 is 0 Å². The van der Waals surface area contributed by atoms with E-state index in [1.54, 1.807) is 12.1 Å². The van der Waals surface area contributed by atoms with Crippen LogP contribution < -0.4 is 5.32 Å². The molecule has 26 heavy (non-hydrogen) atoms. The third-order valence-corrected chi connectivity index (χ3v) is 5.02. The molecule has 0 unspecified atom stereocenters. The number of phenolic OH excluding ortho intramolecular Hbond substituents is 1. The molecule has 0 aliphatic carbocycles. The molecule has 0 spiro atoms. The topological polar surface area (TPSA) is 57.5 Å². The lowest BCUT2D eigenvalue weighted by molar-refractivity contribution is 0.192. The Hall–Kier alpha value is -2.95. The predicted octanol–water partition coefficient (Wildman–Crippen LogP) is 3.50. The number of nitrogens with zero attached hydrogens (tertiary/aromatic N) is 2. The summed E-state index contributed by atoms with van der Waals surface area (Å²) in [5, 5.41) is 13.9. The summed E-state index contributed by atoms with van der Waals surface area (Å²) < 4.78 is 2.22. The third-order valence-electron chi connectivity index (χ3n) is 5.02. The quantitative estimate of drug-likeness (QED) is 0.708. The normalized spacial score (nSPS) is 13.6. The van der Waals surface area contributed by atoms with Gasteiger partial charge in [0.05, 0.1) is 0 Å². The summed E-state index contributed by atoms with van der Waals surface area (Å²) in [6.45, 7) is 2.79. The van der Waals surface area contributed by atoms with Gasteiger partial charge >= 0.3 is 6.03 Å². The Balaban J connectivity index is 1.28. The van der Waals surface area contributed by atoms with Gasteiger partial charge in [0, 0.05) is 37.9 Å². The lowest BCUT2D eigenvalue weighted by Gasteiger charge is -2.29. The monoisotopic (exact) mass is 349 g/mol. The first-order valence-electron chi connectivity index (χ1n) is 9.08. The minimum Gasteiger partial charge on any atom is -0.508 e. The van der Waals surface area contributed by atoms with Crippen molar-refractivity contribution in [2.24, 2.45) is 0 Å². The fraction of sp³-hybridized carbons (Fsp3) is 0.286. The summed E-state index contributed by atoms with van der Waals surface area (Å²) in [4.78, 5) is 14.2. The van der Waals surface area contributed by atoms with Gasteiger partial charge in [-0.25, -0.2) is 4.79 Å². The number of carbonyl (C=O) groups is 1. The number of aromatic hydroxyl groups is 1. The van der Waals surface area contributed by atoms with Crippen LogP contribution in [0.2, 0.25) is 0 Å². The van der Waals surface area contributed by atoms with Crippen LogP contribution in [-0.4, -0.2) is 33.7 Å². The average molecular weight is 349 g/mol. The van der Waals surface area contributed by atoms with Gasteiger partial charge in [0.25, 0.3) is 0 Å². The van der Waals surface area contributed by atoms with Crippen LogP contribution in [0.3, 0.4) is 0 Å². The van der Waals surface area contributed by atoms with Gasteiger partial charge in [-0.2, -0.15) is 0 Å². The molecule has 2 amide bonds. The van der Waals surface area contributed by atoms with Gasteiger partial charge in [0.15, 0.2) is 0 Å². The van der Waals surface area contributed by atoms with Crippen LogP contribution in [0.4, 0.5) is 4.79 Å². The van der Waals surface area contributed by atoms with Gasteiger partial charge in [-0.15, -0.1) is 0 Å². The Labute approximate surface area is 152 Å². The van der Waals surface area contributed by atoms with Crippen molar-refractivity contribution in [2.75, 3.05) is 13.1 Å². The highest BCUT2D eigenvalue weighted by Gasteiger charge is 2.20. The zero-order valence-electron chi connectivity index (χ0n) is 14.7. The minimum absolute atomic E-state index is 0.0312. The molecular formula is C21H23N3O2. The number of hydrogen-bond donors (Lipinski definition) is 2. The smallest absolute Gasteiger partial charge is 0.317 e. The highest BCUT2D eigenvalue weighted by molar-refractivity contribution is 5.79. The fourth-order valence-electron chi connectivity index (χ4n) is 3.61. The largest absolute Gasteiger partial charge is 0.508 e. The molecule has 1 aliphatic rings. The maximum atomic E-state index is 12.4. The number of urea groups is 1. The van der Waals surface area contributed by atoms with Gasteiger partial charge in [-0.05, 0) is 53.6 Å². The first-order valence-corrected chi connectivity index (χ1v) is 9.08. The van der Waals surface area contributed by atoms with Crippen molar-refractivity contribution in [1.82, 2.24) is 14.8 Å². The minimum atomic E-state index is -0.0312. The highest BCUT2D eigenvalue weighted by atomic mass is 16.3. The van der Waals surface area contributed by atoms with Crippen LogP contribution in [0, 0.1) is 0 Å². The van der Waals surface area contributed by atoms with E-state index >= 15 is 0 Å². The Kier molecular flexibility index (Phi) is 4.52. The van der Waals surface area contributed by atoms with Gasteiger partial charge in [-0.3, -0.25) is 0 Å². The van der Waals surface area contributed by atoms with Crippen LogP contribution in [0.15, 0.2) is 54.7 Å². The zero-order valence-corrected chi connectivity index (χ0v) is 14.7. The van der Waals surface area contributed by atoms with Crippen LogP contribution in [0.5, 0.6) is 5.75 Å². The van der Waals surface area contributed by atoms with E-state index in [1.165, 1.54) is 16.5 Å². The van der Waals surface area contributed by atoms with Crippen molar-refractivity contribution in [1.29, 1.82) is 0 Å². The molecule has 0 atom stereocenters. The molecule has 0 bridgehead atoms. The maximum Gasteiger partial charge on any atom is 0.317 e. The number of phenols is 1. The first kappa shape index (κ1) is 16.5. The molecule has 0 saturated heterocycles. The van der Waals surface area contributed by atoms with E-state index in [4.69, 9.17) is 0 Å². The third kappa shape index (κ3) is 3.38. The van der Waals surface area contributed by atoms with Crippen molar-refractivity contribution < 1.29 is 9.90 Å². The molecule has 1 aromatic heterocycles. The van der Waals surface area contributed by atoms with Crippen LogP contribution >= 0.6 is 0 Å². The molecule has 134 valence electrons. The lowest BCUT2D eigenvalue weighted by atomic mass is 10.00. The number of fused-ring (bicyclic) bond motifs is 2. The standard InChI is InChI=1S/C21H23N3O2/c25-19-7-6-16-8-13-24(15-18(16)14-19)21(26)22-10-3-11-23-12-9-17-4-1-2-5-20(17)23/h1-2,4-7,9,12,14,25H,3,8,10-11,13,15H2,(H,22,26). The number of carbonyl (C=O) groups excluding carboxylic acids is 1. The number of aryl methyl sites for hydroxylation is 1. The highest BCUT2D eigenvalue weighted by Crippen LogP contribution is 2.23. The van der Waals surface area contributed by atoms with Gasteiger partial charge in [0.1, 0.15) is 5.75 Å². The zero-order chi connectivity index (χ0) is 17.9. The second-order valence-corrected chi connectivity index (χ2v) is 6.78. The molecule has 2 N–H and O–H groups in total. The summed E-state index contributed by atoms with van der Waals surface area (Å²) >= 11 is 0. The van der Waals surface area contributed by atoms with Crippen LogP contribution in [0.25, 0.3) is 10.9 Å². The molecule has 0 fully saturated rings. The van der Waals surface area contributed by atoms with Crippen molar-refractivity contribution >= 4 is 16.9 Å². The van der Waals surface area contributed by atoms with E-state index in [9.17, 15) is 9.90 Å². The molecule has 5 nitrogen and oxygen atoms in total. The second kappa shape index (κ2) is 7.12. The average Bonchev–Trinajstić information content (AvgIpc) is 3.07. The van der Waals surface area contributed by atoms with E-state index in [-0.39, 0.29) is 11.8 Å². The summed E-state index contributed by atoms with van der Waals surface area (Å²) in [6, 6.07) is 15.8. The molecule has 5 heteroatoms.